The molecular weight excluding hydrogens is 220 g/mol. The fraction of sp³-hybridized carbons (Fsp3) is 0.625. The minimum Gasteiger partial charge on any atom is -0.313 e. The first kappa shape index (κ1) is 13.6. The van der Waals surface area contributed by atoms with Crippen LogP contribution in [0.15, 0.2) is 24.3 Å². The van der Waals surface area contributed by atoms with Gasteiger partial charge in [0.1, 0.15) is 0 Å². The quantitative estimate of drug-likeness (QED) is 0.829. The van der Waals surface area contributed by atoms with Crippen molar-refractivity contribution in [2.45, 2.75) is 44.7 Å². The van der Waals surface area contributed by atoms with Crippen molar-refractivity contribution in [3.8, 4) is 0 Å². The summed E-state index contributed by atoms with van der Waals surface area (Å²) in [5.41, 5.74) is 2.84. The highest BCUT2D eigenvalue weighted by atomic mass is 15.1. The number of hydrogen-bond donors (Lipinski definition) is 1. The third kappa shape index (κ3) is 3.12. The summed E-state index contributed by atoms with van der Waals surface area (Å²) in [5.74, 6) is 0. The van der Waals surface area contributed by atoms with Crippen LogP contribution in [0.2, 0.25) is 0 Å². The Bertz CT molecular complexity index is 371. The second-order valence-corrected chi connectivity index (χ2v) is 5.55. The summed E-state index contributed by atoms with van der Waals surface area (Å²) >= 11 is 0. The van der Waals surface area contributed by atoms with Gasteiger partial charge in [0, 0.05) is 12.1 Å². The molecule has 2 heteroatoms. The van der Waals surface area contributed by atoms with Crippen LogP contribution in [-0.2, 0) is 0 Å². The lowest BCUT2D eigenvalue weighted by atomic mass is 9.91. The van der Waals surface area contributed by atoms with Crippen LogP contribution in [0.5, 0.6) is 0 Å². The highest BCUT2D eigenvalue weighted by Gasteiger charge is 2.22. The number of aryl methyl sites for hydroxylation is 1. The third-order valence-corrected chi connectivity index (χ3v) is 4.38. The summed E-state index contributed by atoms with van der Waals surface area (Å²) in [6.45, 7) is 3.39. The van der Waals surface area contributed by atoms with E-state index in [1.54, 1.807) is 0 Å². The van der Waals surface area contributed by atoms with E-state index in [1.165, 1.54) is 43.4 Å². The van der Waals surface area contributed by atoms with Crippen molar-refractivity contribution in [1.82, 2.24) is 10.2 Å². The van der Waals surface area contributed by atoms with E-state index in [0.29, 0.717) is 6.04 Å². The summed E-state index contributed by atoms with van der Waals surface area (Å²) in [4.78, 5) is 2.53. The molecule has 0 spiro atoms. The molecule has 1 aliphatic rings. The van der Waals surface area contributed by atoms with Crippen molar-refractivity contribution in [1.29, 1.82) is 0 Å². The predicted molar refractivity (Wildman–Crippen MR) is 77.9 cm³/mol. The molecule has 1 aromatic carbocycles. The van der Waals surface area contributed by atoms with Crippen molar-refractivity contribution in [3.05, 3.63) is 35.4 Å². The molecule has 0 amide bonds. The standard InChI is InChI=1S/C16H26N2/c1-13-7-4-5-10-15(13)16(17-2)11-12-18(3)14-8-6-9-14/h4-5,7,10,14,16-17H,6,8-9,11-12H2,1-3H3. The molecule has 0 radical (unpaired) electrons. The lowest BCUT2D eigenvalue weighted by Gasteiger charge is -2.35. The summed E-state index contributed by atoms with van der Waals surface area (Å²) in [7, 11) is 4.34. The van der Waals surface area contributed by atoms with E-state index in [-0.39, 0.29) is 0 Å². The zero-order valence-corrected chi connectivity index (χ0v) is 11.9. The highest BCUT2D eigenvalue weighted by Crippen LogP contribution is 2.25. The largest absolute Gasteiger partial charge is 0.313 e. The van der Waals surface area contributed by atoms with Gasteiger partial charge in [0.15, 0.2) is 0 Å². The van der Waals surface area contributed by atoms with E-state index in [1.807, 2.05) is 0 Å². The van der Waals surface area contributed by atoms with E-state index in [0.717, 1.165) is 6.04 Å². The molecule has 2 nitrogen and oxygen atoms in total. The maximum absolute atomic E-state index is 3.46. The molecule has 0 aromatic heterocycles. The minimum atomic E-state index is 0.480. The van der Waals surface area contributed by atoms with Crippen LogP contribution in [-0.4, -0.2) is 31.6 Å². The van der Waals surface area contributed by atoms with Gasteiger partial charge in [0.05, 0.1) is 0 Å². The molecule has 1 aromatic rings. The molecular formula is C16H26N2. The topological polar surface area (TPSA) is 15.3 Å². The third-order valence-electron chi connectivity index (χ3n) is 4.38. The maximum atomic E-state index is 3.46. The van der Waals surface area contributed by atoms with Crippen LogP contribution >= 0.6 is 0 Å². The molecule has 18 heavy (non-hydrogen) atoms. The molecule has 1 fully saturated rings. The first-order chi connectivity index (χ1) is 8.72. The van der Waals surface area contributed by atoms with E-state index < -0.39 is 0 Å². The smallest absolute Gasteiger partial charge is 0.0332 e. The Morgan fingerprint density at radius 1 is 1.33 bits per heavy atom. The Balaban J connectivity index is 1.91. The average Bonchev–Trinajstić information content (AvgIpc) is 2.29. The van der Waals surface area contributed by atoms with E-state index in [2.05, 4.69) is 55.5 Å². The van der Waals surface area contributed by atoms with Crippen molar-refractivity contribution in [2.75, 3.05) is 20.6 Å². The molecule has 0 saturated heterocycles. The molecule has 0 heterocycles. The van der Waals surface area contributed by atoms with Crippen molar-refractivity contribution in [2.24, 2.45) is 0 Å². The Hall–Kier alpha value is -0.860. The van der Waals surface area contributed by atoms with Crippen LogP contribution in [0.4, 0.5) is 0 Å². The first-order valence-corrected chi connectivity index (χ1v) is 7.15. The molecule has 2 rings (SSSR count). The number of rotatable bonds is 6. The van der Waals surface area contributed by atoms with Crippen LogP contribution in [0, 0.1) is 6.92 Å². The molecule has 1 saturated carbocycles. The Kier molecular flexibility index (Phi) is 4.79. The molecule has 100 valence electrons. The zero-order valence-electron chi connectivity index (χ0n) is 11.9. The van der Waals surface area contributed by atoms with Crippen LogP contribution in [0.25, 0.3) is 0 Å². The van der Waals surface area contributed by atoms with Gasteiger partial charge in [0.2, 0.25) is 0 Å². The number of nitrogens with one attached hydrogen (secondary N) is 1. The molecule has 1 N–H and O–H groups in total. The second-order valence-electron chi connectivity index (χ2n) is 5.55. The van der Waals surface area contributed by atoms with E-state index in [4.69, 9.17) is 0 Å². The fourth-order valence-corrected chi connectivity index (χ4v) is 2.78. The molecule has 0 aliphatic heterocycles. The SMILES string of the molecule is CNC(CCN(C)C1CCC1)c1ccccc1C. The summed E-state index contributed by atoms with van der Waals surface area (Å²) in [6.07, 6.45) is 5.40. The van der Waals surface area contributed by atoms with Gasteiger partial charge in [-0.15, -0.1) is 0 Å². The summed E-state index contributed by atoms with van der Waals surface area (Å²) in [5, 5.41) is 3.46. The van der Waals surface area contributed by atoms with E-state index in [9.17, 15) is 0 Å². The lowest BCUT2D eigenvalue weighted by molar-refractivity contribution is 0.153. The number of hydrogen-bond acceptors (Lipinski definition) is 2. The van der Waals surface area contributed by atoms with Crippen LogP contribution in [0.3, 0.4) is 0 Å². The van der Waals surface area contributed by atoms with Crippen molar-refractivity contribution in [3.63, 3.8) is 0 Å². The van der Waals surface area contributed by atoms with Gasteiger partial charge in [-0.3, -0.25) is 0 Å². The van der Waals surface area contributed by atoms with Crippen molar-refractivity contribution < 1.29 is 0 Å². The zero-order chi connectivity index (χ0) is 13.0. The first-order valence-electron chi connectivity index (χ1n) is 7.15. The Morgan fingerprint density at radius 3 is 2.61 bits per heavy atom. The van der Waals surface area contributed by atoms with Gasteiger partial charge in [-0.2, -0.15) is 0 Å². The van der Waals surface area contributed by atoms with E-state index >= 15 is 0 Å². The van der Waals surface area contributed by atoms with Crippen LogP contribution in [0.1, 0.15) is 42.9 Å². The van der Waals surface area contributed by atoms with Gasteiger partial charge >= 0.3 is 0 Å². The molecule has 0 bridgehead atoms. The van der Waals surface area contributed by atoms with Gasteiger partial charge < -0.3 is 10.2 Å². The molecule has 1 atom stereocenters. The second kappa shape index (κ2) is 6.35. The summed E-state index contributed by atoms with van der Waals surface area (Å²) < 4.78 is 0. The number of benzene rings is 1. The minimum absolute atomic E-state index is 0.480. The van der Waals surface area contributed by atoms with Gasteiger partial charge in [0.25, 0.3) is 0 Å². The monoisotopic (exact) mass is 246 g/mol. The van der Waals surface area contributed by atoms with Gasteiger partial charge in [-0.25, -0.2) is 0 Å². The fourth-order valence-electron chi connectivity index (χ4n) is 2.78. The Labute approximate surface area is 111 Å². The normalized spacial score (nSPS) is 17.8. The molecule has 1 unspecified atom stereocenters. The lowest BCUT2D eigenvalue weighted by Crippen LogP contribution is -2.38. The number of nitrogens with zero attached hydrogens (tertiary/aromatic N) is 1. The van der Waals surface area contributed by atoms with Crippen LogP contribution < -0.4 is 5.32 Å². The van der Waals surface area contributed by atoms with Gasteiger partial charge in [-0.1, -0.05) is 30.7 Å². The maximum Gasteiger partial charge on any atom is 0.0332 e. The molecule has 1 aliphatic carbocycles. The van der Waals surface area contributed by atoms with Gasteiger partial charge in [-0.05, 0) is 58.0 Å². The predicted octanol–water partition coefficient (Wildman–Crippen LogP) is 3.13. The Morgan fingerprint density at radius 2 is 2.06 bits per heavy atom. The van der Waals surface area contributed by atoms with Crippen molar-refractivity contribution >= 4 is 0 Å². The average molecular weight is 246 g/mol. The highest BCUT2D eigenvalue weighted by molar-refractivity contribution is 5.28. The summed E-state index contributed by atoms with van der Waals surface area (Å²) in [6, 6.07) is 10.0.